The Morgan fingerprint density at radius 1 is 1.19 bits per heavy atom. The van der Waals surface area contributed by atoms with Crippen molar-refractivity contribution in [2.24, 2.45) is 0 Å². The molecule has 1 aromatic heterocycles. The summed E-state index contributed by atoms with van der Waals surface area (Å²) in [5.41, 5.74) is 2.82. The van der Waals surface area contributed by atoms with Crippen molar-refractivity contribution < 1.29 is 14.1 Å². The molecule has 0 radical (unpaired) electrons. The van der Waals surface area contributed by atoms with Crippen LogP contribution in [0.3, 0.4) is 0 Å². The zero-order valence-corrected chi connectivity index (χ0v) is 15.1. The lowest BCUT2D eigenvalue weighted by Gasteiger charge is -2.15. The molecule has 0 bridgehead atoms. The molecule has 0 aliphatic heterocycles. The van der Waals surface area contributed by atoms with Gasteiger partial charge in [0.1, 0.15) is 5.75 Å². The molecular formula is C20H21N3O3. The summed E-state index contributed by atoms with van der Waals surface area (Å²) in [6, 6.07) is 15.3. The van der Waals surface area contributed by atoms with Gasteiger partial charge >= 0.3 is 0 Å². The molecule has 26 heavy (non-hydrogen) atoms. The third-order valence-electron chi connectivity index (χ3n) is 4.11. The molecule has 6 nitrogen and oxygen atoms in total. The Morgan fingerprint density at radius 2 is 1.96 bits per heavy atom. The van der Waals surface area contributed by atoms with Crippen LogP contribution in [0, 0.1) is 6.92 Å². The molecule has 3 aromatic rings. The first kappa shape index (κ1) is 17.7. The van der Waals surface area contributed by atoms with Crippen molar-refractivity contribution in [2.75, 3.05) is 14.2 Å². The van der Waals surface area contributed by atoms with Gasteiger partial charge in [0.25, 0.3) is 0 Å². The van der Waals surface area contributed by atoms with Crippen LogP contribution in [-0.4, -0.2) is 35.1 Å². The molecule has 0 spiro atoms. The van der Waals surface area contributed by atoms with E-state index >= 15 is 0 Å². The Bertz CT molecular complexity index is 890. The molecule has 0 N–H and O–H groups in total. The van der Waals surface area contributed by atoms with Crippen molar-refractivity contribution in [1.29, 1.82) is 0 Å². The average Bonchev–Trinajstić information content (AvgIpc) is 3.11. The molecule has 6 heteroatoms. The van der Waals surface area contributed by atoms with Gasteiger partial charge in [0.05, 0.1) is 20.1 Å². The van der Waals surface area contributed by atoms with Crippen molar-refractivity contribution in [1.82, 2.24) is 15.0 Å². The molecule has 1 heterocycles. The molecule has 0 aliphatic rings. The second-order valence-corrected chi connectivity index (χ2v) is 6.11. The monoisotopic (exact) mass is 351 g/mol. The van der Waals surface area contributed by atoms with Crippen molar-refractivity contribution >= 4 is 5.91 Å². The van der Waals surface area contributed by atoms with Crippen LogP contribution < -0.4 is 4.74 Å². The summed E-state index contributed by atoms with van der Waals surface area (Å²) in [4.78, 5) is 18.4. The number of benzene rings is 2. The van der Waals surface area contributed by atoms with E-state index in [0.717, 1.165) is 22.4 Å². The zero-order valence-electron chi connectivity index (χ0n) is 15.1. The van der Waals surface area contributed by atoms with E-state index in [0.29, 0.717) is 18.1 Å². The molecular weight excluding hydrogens is 330 g/mol. The maximum Gasteiger partial charge on any atom is 0.246 e. The van der Waals surface area contributed by atoms with Gasteiger partial charge in [0.15, 0.2) is 0 Å². The minimum atomic E-state index is -0.0194. The number of aromatic nitrogens is 2. The third kappa shape index (κ3) is 4.08. The van der Waals surface area contributed by atoms with E-state index in [1.54, 1.807) is 19.1 Å². The fourth-order valence-corrected chi connectivity index (χ4v) is 2.67. The zero-order chi connectivity index (χ0) is 18.5. The molecule has 1 amide bonds. The van der Waals surface area contributed by atoms with Crippen molar-refractivity contribution in [2.45, 2.75) is 19.9 Å². The van der Waals surface area contributed by atoms with Crippen LogP contribution in [0.5, 0.6) is 5.75 Å². The highest BCUT2D eigenvalue weighted by molar-refractivity contribution is 5.78. The first-order valence-electron chi connectivity index (χ1n) is 8.32. The van der Waals surface area contributed by atoms with Crippen molar-refractivity contribution in [3.8, 4) is 17.1 Å². The first-order chi connectivity index (χ1) is 12.6. The number of aryl methyl sites for hydroxylation is 1. The molecule has 3 rings (SSSR count). The predicted molar refractivity (Wildman–Crippen MR) is 97.6 cm³/mol. The molecule has 2 aromatic carbocycles. The maximum absolute atomic E-state index is 12.5. The van der Waals surface area contributed by atoms with Gasteiger partial charge in [-0.1, -0.05) is 47.6 Å². The highest BCUT2D eigenvalue weighted by Crippen LogP contribution is 2.19. The minimum absolute atomic E-state index is 0.0194. The Hall–Kier alpha value is -3.15. The van der Waals surface area contributed by atoms with Gasteiger partial charge in [0, 0.05) is 12.6 Å². The summed E-state index contributed by atoms with van der Waals surface area (Å²) in [5.74, 6) is 1.72. The summed E-state index contributed by atoms with van der Waals surface area (Å²) in [5, 5.41) is 3.98. The number of carbonyl (C=O) groups excluding carboxylic acids is 1. The molecule has 0 saturated heterocycles. The van der Waals surface area contributed by atoms with Crippen LogP contribution in [0.1, 0.15) is 17.0 Å². The van der Waals surface area contributed by atoms with Gasteiger partial charge in [-0.2, -0.15) is 4.98 Å². The van der Waals surface area contributed by atoms with Gasteiger partial charge in [-0.05, 0) is 24.1 Å². The second kappa shape index (κ2) is 7.82. The molecule has 134 valence electrons. The fraction of sp³-hybridized carbons (Fsp3) is 0.250. The van der Waals surface area contributed by atoms with Crippen LogP contribution >= 0.6 is 0 Å². The van der Waals surface area contributed by atoms with Crippen molar-refractivity contribution in [3.63, 3.8) is 0 Å². The number of hydrogen-bond donors (Lipinski definition) is 0. The summed E-state index contributed by atoms with van der Waals surface area (Å²) < 4.78 is 10.5. The summed E-state index contributed by atoms with van der Waals surface area (Å²) in [6.07, 6.45) is 0.307. The number of nitrogens with zero attached hydrogens (tertiary/aromatic N) is 3. The Balaban J connectivity index is 1.63. The number of methoxy groups -OCH3 is 1. The van der Waals surface area contributed by atoms with E-state index in [4.69, 9.17) is 9.26 Å². The van der Waals surface area contributed by atoms with Gasteiger partial charge in [0.2, 0.25) is 17.6 Å². The van der Waals surface area contributed by atoms with Gasteiger partial charge in [-0.25, -0.2) is 0 Å². The number of hydrogen-bond acceptors (Lipinski definition) is 5. The van der Waals surface area contributed by atoms with Crippen LogP contribution in [-0.2, 0) is 17.8 Å². The smallest absolute Gasteiger partial charge is 0.246 e. The Morgan fingerprint density at radius 3 is 2.65 bits per heavy atom. The SMILES string of the molecule is COc1ccc(CC(=O)N(C)Cc2nc(-c3ccccc3)no2)cc1C. The summed E-state index contributed by atoms with van der Waals surface area (Å²) in [7, 11) is 3.36. The number of ether oxygens (including phenoxy) is 1. The first-order valence-corrected chi connectivity index (χ1v) is 8.32. The number of carbonyl (C=O) groups is 1. The average molecular weight is 351 g/mol. The molecule has 0 saturated carbocycles. The van der Waals surface area contributed by atoms with Crippen molar-refractivity contribution in [3.05, 3.63) is 65.5 Å². The molecule has 0 fully saturated rings. The maximum atomic E-state index is 12.5. The molecule has 0 atom stereocenters. The number of amides is 1. The lowest BCUT2D eigenvalue weighted by molar-refractivity contribution is -0.130. The minimum Gasteiger partial charge on any atom is -0.496 e. The third-order valence-corrected chi connectivity index (χ3v) is 4.11. The Kier molecular flexibility index (Phi) is 5.31. The number of rotatable bonds is 6. The van der Waals surface area contributed by atoms with Gasteiger partial charge < -0.3 is 14.2 Å². The molecule has 0 unspecified atom stereocenters. The largest absolute Gasteiger partial charge is 0.496 e. The highest BCUT2D eigenvalue weighted by atomic mass is 16.5. The normalized spacial score (nSPS) is 10.6. The second-order valence-electron chi connectivity index (χ2n) is 6.11. The highest BCUT2D eigenvalue weighted by Gasteiger charge is 2.15. The van der Waals surface area contributed by atoms with Crippen LogP contribution in [0.2, 0.25) is 0 Å². The topological polar surface area (TPSA) is 68.5 Å². The van der Waals surface area contributed by atoms with Crippen LogP contribution in [0.4, 0.5) is 0 Å². The number of likely N-dealkylation sites (N-methyl/N-ethyl adjacent to an activating group) is 1. The lowest BCUT2D eigenvalue weighted by atomic mass is 10.1. The quantitative estimate of drug-likeness (QED) is 0.682. The van der Waals surface area contributed by atoms with E-state index in [1.807, 2.05) is 55.5 Å². The summed E-state index contributed by atoms with van der Waals surface area (Å²) in [6.45, 7) is 2.23. The van der Waals surface area contributed by atoms with Crippen LogP contribution in [0.15, 0.2) is 53.1 Å². The van der Waals surface area contributed by atoms with E-state index in [1.165, 1.54) is 0 Å². The van der Waals surface area contributed by atoms with Crippen LogP contribution in [0.25, 0.3) is 11.4 Å². The predicted octanol–water partition coefficient (Wildman–Crippen LogP) is 3.25. The fourth-order valence-electron chi connectivity index (χ4n) is 2.67. The van der Waals surface area contributed by atoms with E-state index < -0.39 is 0 Å². The Labute approximate surface area is 152 Å². The molecule has 0 aliphatic carbocycles. The van der Waals surface area contributed by atoms with Gasteiger partial charge in [-0.3, -0.25) is 4.79 Å². The lowest BCUT2D eigenvalue weighted by Crippen LogP contribution is -2.27. The van der Waals surface area contributed by atoms with E-state index in [9.17, 15) is 4.79 Å². The summed E-state index contributed by atoms with van der Waals surface area (Å²) >= 11 is 0. The van der Waals surface area contributed by atoms with E-state index in [2.05, 4.69) is 10.1 Å². The van der Waals surface area contributed by atoms with E-state index in [-0.39, 0.29) is 12.5 Å². The standard InChI is InChI=1S/C20H21N3O3/c1-14-11-15(9-10-17(14)25-3)12-19(24)23(2)13-18-21-20(22-26-18)16-7-5-4-6-8-16/h4-11H,12-13H2,1-3H3. The van der Waals surface area contributed by atoms with Gasteiger partial charge in [-0.15, -0.1) is 0 Å².